The molecule has 1 saturated heterocycles. The SMILES string of the molecule is CN(C1=CC(c2nnc([C@](C)(N)Cc3ccccc3)o2)CC(C(=O)N2CCCC2c2ccccc2)=C1)S(C)(=O)=O. The standard InChI is InChI=1S/C30H35N5O4S/c1-30(31,20-21-11-6-4-7-12-21)29-33-32-27(39-29)23-17-24(19-25(18-23)34(2)40(3,37)38)28(36)35-16-10-15-26(35)22-13-8-5-9-14-22/h4-9,11-14,18-19,23,26H,10,15-17,20,31H2,1-3H3/t23?,26?,30-/m1/s1. The molecule has 5 rings (SSSR count). The maximum absolute atomic E-state index is 13.9. The molecule has 2 aromatic carbocycles. The molecule has 2 aliphatic rings. The summed E-state index contributed by atoms with van der Waals surface area (Å²) in [6.07, 6.45) is 7.14. The van der Waals surface area contributed by atoms with E-state index in [1.165, 1.54) is 11.4 Å². The maximum Gasteiger partial charge on any atom is 0.250 e. The van der Waals surface area contributed by atoms with Gasteiger partial charge in [0.05, 0.1) is 23.8 Å². The highest BCUT2D eigenvalue weighted by molar-refractivity contribution is 7.88. The Morgan fingerprint density at radius 2 is 1.80 bits per heavy atom. The molecular formula is C30H35N5O4S. The summed E-state index contributed by atoms with van der Waals surface area (Å²) in [7, 11) is -2.10. The summed E-state index contributed by atoms with van der Waals surface area (Å²) >= 11 is 0. The summed E-state index contributed by atoms with van der Waals surface area (Å²) in [5.74, 6) is -0.0338. The smallest absolute Gasteiger partial charge is 0.250 e. The van der Waals surface area contributed by atoms with Crippen molar-refractivity contribution >= 4 is 15.9 Å². The van der Waals surface area contributed by atoms with Crippen molar-refractivity contribution in [2.75, 3.05) is 19.8 Å². The molecule has 2 N–H and O–H groups in total. The van der Waals surface area contributed by atoms with Gasteiger partial charge in [-0.25, -0.2) is 8.42 Å². The summed E-state index contributed by atoms with van der Waals surface area (Å²) in [6, 6.07) is 19.8. The van der Waals surface area contributed by atoms with Crippen LogP contribution in [0.3, 0.4) is 0 Å². The topological polar surface area (TPSA) is 123 Å². The fourth-order valence-corrected chi connectivity index (χ4v) is 5.91. The predicted octanol–water partition coefficient (Wildman–Crippen LogP) is 4.04. The summed E-state index contributed by atoms with van der Waals surface area (Å²) in [5, 5.41) is 8.56. The minimum Gasteiger partial charge on any atom is -0.423 e. The van der Waals surface area contributed by atoms with E-state index in [-0.39, 0.29) is 17.8 Å². The summed E-state index contributed by atoms with van der Waals surface area (Å²) in [5.41, 5.74) is 8.71. The second-order valence-corrected chi connectivity index (χ2v) is 12.9. The van der Waals surface area contributed by atoms with Gasteiger partial charge in [-0.3, -0.25) is 9.10 Å². The number of carbonyl (C=O) groups is 1. The van der Waals surface area contributed by atoms with Gasteiger partial charge < -0.3 is 15.1 Å². The Bertz CT molecular complexity index is 1530. The first-order chi connectivity index (χ1) is 19.0. The largest absolute Gasteiger partial charge is 0.423 e. The Morgan fingerprint density at radius 3 is 2.48 bits per heavy atom. The zero-order valence-corrected chi connectivity index (χ0v) is 23.8. The van der Waals surface area contributed by atoms with Crippen LogP contribution in [0.5, 0.6) is 0 Å². The van der Waals surface area contributed by atoms with Crippen molar-refractivity contribution in [2.45, 2.75) is 50.1 Å². The second-order valence-electron chi connectivity index (χ2n) is 10.9. The van der Waals surface area contributed by atoms with Crippen molar-refractivity contribution in [3.05, 3.63) is 107 Å². The Balaban J connectivity index is 1.44. The number of nitrogens with zero attached hydrogens (tertiary/aromatic N) is 4. The third-order valence-corrected chi connectivity index (χ3v) is 8.83. The fourth-order valence-electron chi connectivity index (χ4n) is 5.41. The van der Waals surface area contributed by atoms with Gasteiger partial charge in [0.15, 0.2) is 0 Å². The van der Waals surface area contributed by atoms with E-state index in [9.17, 15) is 13.2 Å². The number of allylic oxidation sites excluding steroid dienone is 2. The third-order valence-electron chi connectivity index (χ3n) is 7.63. The van der Waals surface area contributed by atoms with Crippen LogP contribution in [0, 0.1) is 0 Å². The van der Waals surface area contributed by atoms with Crippen molar-refractivity contribution in [2.24, 2.45) is 5.73 Å². The van der Waals surface area contributed by atoms with Crippen LogP contribution >= 0.6 is 0 Å². The Kier molecular flexibility index (Phi) is 7.65. The number of likely N-dealkylation sites (N-methyl/N-ethyl adjacent to an activating group) is 1. The predicted molar refractivity (Wildman–Crippen MR) is 152 cm³/mol. The molecule has 9 nitrogen and oxygen atoms in total. The van der Waals surface area contributed by atoms with Gasteiger partial charge in [-0.05, 0) is 55.9 Å². The van der Waals surface area contributed by atoms with Gasteiger partial charge in [-0.15, -0.1) is 10.2 Å². The molecule has 210 valence electrons. The van der Waals surface area contributed by atoms with Crippen molar-refractivity contribution in [1.82, 2.24) is 19.4 Å². The van der Waals surface area contributed by atoms with Gasteiger partial charge >= 0.3 is 0 Å². The highest BCUT2D eigenvalue weighted by Gasteiger charge is 2.36. The number of benzene rings is 2. The number of rotatable bonds is 8. The van der Waals surface area contributed by atoms with Gasteiger partial charge in [0.1, 0.15) is 0 Å². The maximum atomic E-state index is 13.9. The third kappa shape index (κ3) is 5.88. The van der Waals surface area contributed by atoms with Gasteiger partial charge in [0, 0.05) is 24.9 Å². The lowest BCUT2D eigenvalue weighted by molar-refractivity contribution is -0.128. The lowest BCUT2D eigenvalue weighted by Crippen LogP contribution is -2.36. The van der Waals surface area contributed by atoms with Crippen LogP contribution in [0.25, 0.3) is 0 Å². The van der Waals surface area contributed by atoms with E-state index < -0.39 is 21.5 Å². The van der Waals surface area contributed by atoms with Crippen molar-refractivity contribution < 1.29 is 17.6 Å². The zero-order chi connectivity index (χ0) is 28.5. The van der Waals surface area contributed by atoms with Crippen molar-refractivity contribution in [3.8, 4) is 0 Å². The number of amides is 1. The number of hydrogen-bond acceptors (Lipinski definition) is 7. The Morgan fingerprint density at radius 1 is 1.12 bits per heavy atom. The number of nitrogens with two attached hydrogens (primary N) is 1. The monoisotopic (exact) mass is 561 g/mol. The number of carbonyl (C=O) groups excluding carboxylic acids is 1. The fraction of sp³-hybridized carbons (Fsp3) is 0.367. The molecule has 40 heavy (non-hydrogen) atoms. The average Bonchev–Trinajstić information content (AvgIpc) is 3.63. The first-order valence-electron chi connectivity index (χ1n) is 13.4. The van der Waals surface area contributed by atoms with Crippen LogP contribution in [0.4, 0.5) is 0 Å². The van der Waals surface area contributed by atoms with E-state index in [0.717, 1.165) is 30.2 Å². The number of hydrogen-bond donors (Lipinski definition) is 1. The molecule has 1 aliphatic heterocycles. The van der Waals surface area contributed by atoms with Gasteiger partial charge in [0.25, 0.3) is 0 Å². The van der Waals surface area contributed by atoms with E-state index in [0.29, 0.717) is 36.5 Å². The molecule has 3 aromatic rings. The van der Waals surface area contributed by atoms with Crippen molar-refractivity contribution in [1.29, 1.82) is 0 Å². The number of sulfonamides is 1. The number of likely N-dealkylation sites (tertiary alicyclic amines) is 1. The van der Waals surface area contributed by atoms with Crippen LogP contribution in [-0.2, 0) is 26.8 Å². The quantitative estimate of drug-likeness (QED) is 0.440. The van der Waals surface area contributed by atoms with Crippen LogP contribution in [0.2, 0.25) is 0 Å². The zero-order valence-electron chi connectivity index (χ0n) is 23.0. The molecule has 0 radical (unpaired) electrons. The highest BCUT2D eigenvalue weighted by Crippen LogP contribution is 2.38. The van der Waals surface area contributed by atoms with E-state index in [1.807, 2.05) is 72.5 Å². The molecule has 0 bridgehead atoms. The van der Waals surface area contributed by atoms with E-state index in [2.05, 4.69) is 10.2 Å². The molecule has 2 heterocycles. The summed E-state index contributed by atoms with van der Waals surface area (Å²) < 4.78 is 32.2. The molecular weight excluding hydrogens is 526 g/mol. The minimum absolute atomic E-state index is 0.0269. The normalized spacial score (nSPS) is 20.9. The summed E-state index contributed by atoms with van der Waals surface area (Å²) in [4.78, 5) is 15.8. The molecule has 1 aliphatic carbocycles. The molecule has 10 heteroatoms. The van der Waals surface area contributed by atoms with Crippen LogP contribution in [-0.4, -0.2) is 53.6 Å². The van der Waals surface area contributed by atoms with Crippen LogP contribution in [0.1, 0.15) is 61.1 Å². The minimum atomic E-state index is -3.57. The van der Waals surface area contributed by atoms with Gasteiger partial charge in [0.2, 0.25) is 27.7 Å². The molecule has 1 fully saturated rings. The second kappa shape index (κ2) is 11.0. The Labute approximate surface area is 235 Å². The van der Waals surface area contributed by atoms with Crippen LogP contribution in [0.15, 0.2) is 88.5 Å². The lowest BCUT2D eigenvalue weighted by Gasteiger charge is -2.30. The molecule has 3 atom stereocenters. The summed E-state index contributed by atoms with van der Waals surface area (Å²) in [6.45, 7) is 2.47. The van der Waals surface area contributed by atoms with Crippen LogP contribution < -0.4 is 5.73 Å². The molecule has 0 spiro atoms. The molecule has 1 amide bonds. The first-order valence-corrected chi connectivity index (χ1v) is 15.3. The Hall–Kier alpha value is -3.76. The molecule has 1 aromatic heterocycles. The average molecular weight is 562 g/mol. The molecule has 0 saturated carbocycles. The van der Waals surface area contributed by atoms with Gasteiger partial charge in [-0.1, -0.05) is 60.7 Å². The van der Waals surface area contributed by atoms with E-state index >= 15 is 0 Å². The van der Waals surface area contributed by atoms with E-state index in [1.54, 1.807) is 12.2 Å². The lowest BCUT2D eigenvalue weighted by atomic mass is 9.91. The van der Waals surface area contributed by atoms with Crippen molar-refractivity contribution in [3.63, 3.8) is 0 Å². The number of aromatic nitrogens is 2. The molecule has 2 unspecified atom stereocenters. The first kappa shape index (κ1) is 27.8. The highest BCUT2D eigenvalue weighted by atomic mass is 32.2. The van der Waals surface area contributed by atoms with E-state index in [4.69, 9.17) is 10.2 Å². The van der Waals surface area contributed by atoms with Gasteiger partial charge in [-0.2, -0.15) is 0 Å².